The van der Waals surface area contributed by atoms with Crippen LogP contribution in [-0.4, -0.2) is 60.2 Å². The number of allylic oxidation sites excluding steroid dienone is 6. The number of rotatable bonds is 19. The van der Waals surface area contributed by atoms with Gasteiger partial charge in [-0.15, -0.1) is 0 Å². The fraction of sp³-hybridized carbons (Fsp3) is 0.818. The van der Waals surface area contributed by atoms with Crippen LogP contribution in [0.25, 0.3) is 0 Å². The number of hydrogen-bond donors (Lipinski definition) is 3. The molecule has 228 valence electrons. The number of aliphatic hydroxyl groups is 3. The zero-order valence-electron chi connectivity index (χ0n) is 24.9. The summed E-state index contributed by atoms with van der Waals surface area (Å²) in [5, 5.41) is 25.9. The minimum Gasteiger partial charge on any atom is -0.396 e. The second kappa shape index (κ2) is 51.7. The molecular weight excluding hydrogens is 458 g/mol. The molecule has 0 spiro atoms. The topological polar surface area (TPSA) is 63.9 Å². The van der Waals surface area contributed by atoms with Crippen LogP contribution in [0, 0.1) is 0 Å². The molecule has 37 heavy (non-hydrogen) atoms. The number of hydrogen-bond acceptors (Lipinski definition) is 4. The van der Waals surface area contributed by atoms with Gasteiger partial charge in [-0.25, -0.2) is 0 Å². The van der Waals surface area contributed by atoms with Crippen molar-refractivity contribution in [2.24, 2.45) is 0 Å². The summed E-state index contributed by atoms with van der Waals surface area (Å²) in [5.74, 6) is 0. The lowest BCUT2D eigenvalue weighted by Crippen LogP contribution is -2.21. The molecule has 1 unspecified atom stereocenters. The molecule has 0 aromatic heterocycles. The molecule has 3 N–H and O–H groups in total. The molecule has 0 bridgehead atoms. The molecule has 0 aromatic carbocycles. The Kier molecular flexibility index (Phi) is 68.5. The lowest BCUT2D eigenvalue weighted by molar-refractivity contribution is 0.0820. The van der Waals surface area contributed by atoms with Crippen molar-refractivity contribution < 1.29 is 15.3 Å². The molecule has 1 atom stereocenters. The molecule has 0 fully saturated rings. The second-order valence-electron chi connectivity index (χ2n) is 8.76. The molecule has 0 aliphatic carbocycles. The molecule has 0 aliphatic heterocycles. The molecule has 4 heteroatoms. The van der Waals surface area contributed by atoms with E-state index in [1.807, 2.05) is 58.8 Å². The highest BCUT2D eigenvalue weighted by molar-refractivity contribution is 4.92. The fourth-order valence-corrected chi connectivity index (χ4v) is 2.78. The van der Waals surface area contributed by atoms with E-state index < -0.39 is 6.10 Å². The van der Waals surface area contributed by atoms with E-state index in [1.54, 1.807) is 0 Å². The Balaban J connectivity index is -0.000000118. The third kappa shape index (κ3) is 66.2. The third-order valence-corrected chi connectivity index (χ3v) is 5.06. The average Bonchev–Trinajstić information content (AvgIpc) is 2.88. The molecule has 0 aromatic rings. The lowest BCUT2D eigenvalue weighted by atomic mass is 10.1. The maximum absolute atomic E-state index is 8.83. The Bertz CT molecular complexity index is 402. The average molecular weight is 532 g/mol. The van der Waals surface area contributed by atoms with Crippen molar-refractivity contribution >= 4 is 0 Å². The number of unbranched alkanes of at least 4 members (excludes halogenated alkanes) is 10. The van der Waals surface area contributed by atoms with E-state index in [-0.39, 0.29) is 21.5 Å². The first-order valence-electron chi connectivity index (χ1n) is 14.4. The Morgan fingerprint density at radius 2 is 1.11 bits per heavy atom. The van der Waals surface area contributed by atoms with Gasteiger partial charge in [0.25, 0.3) is 0 Å². The predicted molar refractivity (Wildman–Crippen MR) is 173 cm³/mol. The molecular formula is C33H73NO3. The SMILES string of the molecule is C.C.CC.CC=CC.CCCCC/C=C\C/C=C\CCCCCCCCCO.CN(C)CCC(O)CO. The normalized spacial score (nSPS) is 11.1. The maximum atomic E-state index is 8.83. The largest absolute Gasteiger partial charge is 0.396 e. The monoisotopic (exact) mass is 532 g/mol. The van der Waals surface area contributed by atoms with Crippen LogP contribution in [0.3, 0.4) is 0 Å². The van der Waals surface area contributed by atoms with Crippen molar-refractivity contribution in [3.05, 3.63) is 36.5 Å². The van der Waals surface area contributed by atoms with Crippen LogP contribution >= 0.6 is 0 Å². The summed E-state index contributed by atoms with van der Waals surface area (Å²) >= 11 is 0. The van der Waals surface area contributed by atoms with Gasteiger partial charge in [-0.3, -0.25) is 0 Å². The minimum atomic E-state index is -0.549. The summed E-state index contributed by atoms with van der Waals surface area (Å²) in [7, 11) is 3.87. The first kappa shape index (κ1) is 49.1. The predicted octanol–water partition coefficient (Wildman–Crippen LogP) is 9.35. The van der Waals surface area contributed by atoms with Gasteiger partial charge in [-0.05, 0) is 72.9 Å². The van der Waals surface area contributed by atoms with Gasteiger partial charge in [0.15, 0.2) is 0 Å². The van der Waals surface area contributed by atoms with E-state index in [9.17, 15) is 0 Å². The van der Waals surface area contributed by atoms with E-state index in [2.05, 4.69) is 31.2 Å². The fourth-order valence-electron chi connectivity index (χ4n) is 2.78. The molecule has 0 aliphatic rings. The quantitative estimate of drug-likeness (QED) is 0.115. The summed E-state index contributed by atoms with van der Waals surface area (Å²) in [6.07, 6.45) is 29.8. The van der Waals surface area contributed by atoms with Gasteiger partial charge in [-0.2, -0.15) is 0 Å². The summed E-state index contributed by atoms with van der Waals surface area (Å²) in [4.78, 5) is 1.97. The summed E-state index contributed by atoms with van der Waals surface area (Å²) in [6.45, 7) is 11.3. The van der Waals surface area contributed by atoms with E-state index >= 15 is 0 Å². The van der Waals surface area contributed by atoms with Crippen LogP contribution in [0.2, 0.25) is 0 Å². The summed E-state index contributed by atoms with van der Waals surface area (Å²) < 4.78 is 0. The van der Waals surface area contributed by atoms with Crippen LogP contribution in [0.1, 0.15) is 139 Å². The zero-order valence-corrected chi connectivity index (χ0v) is 24.9. The highest BCUT2D eigenvalue weighted by atomic mass is 16.3. The van der Waals surface area contributed by atoms with Crippen LogP contribution in [0.15, 0.2) is 36.5 Å². The summed E-state index contributed by atoms with van der Waals surface area (Å²) in [6, 6.07) is 0. The molecule has 0 rings (SSSR count). The first-order valence-corrected chi connectivity index (χ1v) is 14.4. The highest BCUT2D eigenvalue weighted by Crippen LogP contribution is 2.09. The Labute approximate surface area is 236 Å². The molecule has 4 nitrogen and oxygen atoms in total. The number of nitrogens with zero attached hydrogens (tertiary/aromatic N) is 1. The van der Waals surface area contributed by atoms with Gasteiger partial charge in [0.05, 0.1) is 12.7 Å². The van der Waals surface area contributed by atoms with Crippen molar-refractivity contribution in [3.63, 3.8) is 0 Å². The van der Waals surface area contributed by atoms with Crippen molar-refractivity contribution in [2.45, 2.75) is 145 Å². The molecule has 0 amide bonds. The van der Waals surface area contributed by atoms with Gasteiger partial charge in [0, 0.05) is 13.2 Å². The maximum Gasteiger partial charge on any atom is 0.0783 e. The Morgan fingerprint density at radius 1 is 0.676 bits per heavy atom. The smallest absolute Gasteiger partial charge is 0.0783 e. The van der Waals surface area contributed by atoms with Crippen molar-refractivity contribution in [3.8, 4) is 0 Å². The second-order valence-corrected chi connectivity index (χ2v) is 8.76. The van der Waals surface area contributed by atoms with Gasteiger partial charge < -0.3 is 20.2 Å². The minimum absolute atomic E-state index is 0. The van der Waals surface area contributed by atoms with Gasteiger partial charge in [-0.1, -0.05) is 117 Å². The molecule has 0 radical (unpaired) electrons. The van der Waals surface area contributed by atoms with E-state index in [0.29, 0.717) is 13.0 Å². The number of aliphatic hydroxyl groups excluding tert-OH is 3. The highest BCUT2D eigenvalue weighted by Gasteiger charge is 2.00. The standard InChI is InChI=1S/C19H36O.C6H15NO2.C4H8.C2H6.2CH4/c1-2-3-4-5-6-7-8-9-10-11-12-13-14-15-16-17-18-19-20;1-7(2)4-3-6(9)5-8;1-3-4-2;1-2;;/h6-7,9-10,20H,2-5,8,11-19H2,1H3;6,8-9H,3-5H2,1-2H3;3-4H,1-2H3;1-2H3;2*1H4/b7-6-,10-9-;;;;;. The van der Waals surface area contributed by atoms with Gasteiger partial charge >= 0.3 is 0 Å². The Hall–Kier alpha value is -0.940. The van der Waals surface area contributed by atoms with E-state index in [4.69, 9.17) is 15.3 Å². The molecule has 0 saturated carbocycles. The molecule has 0 saturated heterocycles. The lowest BCUT2D eigenvalue weighted by Gasteiger charge is -2.11. The van der Waals surface area contributed by atoms with E-state index in [1.165, 1.54) is 70.6 Å². The summed E-state index contributed by atoms with van der Waals surface area (Å²) in [5.41, 5.74) is 0. The van der Waals surface area contributed by atoms with Crippen LogP contribution < -0.4 is 0 Å². The van der Waals surface area contributed by atoms with Crippen LogP contribution in [-0.2, 0) is 0 Å². The van der Waals surface area contributed by atoms with Gasteiger partial charge in [0.1, 0.15) is 0 Å². The zero-order chi connectivity index (χ0) is 27.4. The van der Waals surface area contributed by atoms with Crippen LogP contribution in [0.5, 0.6) is 0 Å². The van der Waals surface area contributed by atoms with Crippen molar-refractivity contribution in [1.82, 2.24) is 4.90 Å². The first-order chi connectivity index (χ1) is 17.0. The van der Waals surface area contributed by atoms with Crippen LogP contribution in [0.4, 0.5) is 0 Å². The van der Waals surface area contributed by atoms with Crippen molar-refractivity contribution in [1.29, 1.82) is 0 Å². The van der Waals surface area contributed by atoms with Crippen molar-refractivity contribution in [2.75, 3.05) is 33.9 Å². The Morgan fingerprint density at radius 3 is 1.49 bits per heavy atom. The van der Waals surface area contributed by atoms with E-state index in [0.717, 1.165) is 19.4 Å². The van der Waals surface area contributed by atoms with Gasteiger partial charge in [0.2, 0.25) is 0 Å². The molecule has 0 heterocycles. The third-order valence-electron chi connectivity index (χ3n) is 5.06.